The number of carbonyl (C=O) groups is 1. The highest BCUT2D eigenvalue weighted by Crippen LogP contribution is 2.29. The van der Waals surface area contributed by atoms with Gasteiger partial charge >= 0.3 is 5.97 Å². The van der Waals surface area contributed by atoms with Crippen molar-refractivity contribution in [2.24, 2.45) is 0 Å². The van der Waals surface area contributed by atoms with Gasteiger partial charge in [-0.2, -0.15) is 0 Å². The summed E-state index contributed by atoms with van der Waals surface area (Å²) in [6, 6.07) is 0. The van der Waals surface area contributed by atoms with Crippen LogP contribution in [0.1, 0.15) is 16.2 Å². The minimum atomic E-state index is -0.524. The van der Waals surface area contributed by atoms with Gasteiger partial charge in [0.2, 0.25) is 5.82 Å². The van der Waals surface area contributed by atoms with Crippen molar-refractivity contribution in [3.8, 4) is 0 Å². The smallest absolute Gasteiger partial charge is 0.376 e. The van der Waals surface area contributed by atoms with E-state index >= 15 is 0 Å². The molecule has 2 heterocycles. The fourth-order valence-corrected chi connectivity index (χ4v) is 2.94. The lowest BCUT2D eigenvalue weighted by Gasteiger charge is -1.99. The Kier molecular flexibility index (Phi) is 2.70. The molecule has 0 amide bonds. The van der Waals surface area contributed by atoms with Crippen LogP contribution >= 0.6 is 27.3 Å². The van der Waals surface area contributed by atoms with Gasteiger partial charge in [-0.15, -0.1) is 11.3 Å². The molecule has 0 aliphatic rings. The van der Waals surface area contributed by atoms with E-state index in [1.807, 2.05) is 12.3 Å². The first kappa shape index (κ1) is 10.5. The third-order valence-corrected chi connectivity index (χ3v) is 3.51. The summed E-state index contributed by atoms with van der Waals surface area (Å²) in [7, 11) is 1.31. The molecular weight excluding hydrogens is 280 g/mol. The van der Waals surface area contributed by atoms with E-state index in [1.54, 1.807) is 0 Å². The van der Waals surface area contributed by atoms with Crippen LogP contribution in [0.5, 0.6) is 0 Å². The van der Waals surface area contributed by atoms with Crippen LogP contribution < -0.4 is 0 Å². The summed E-state index contributed by atoms with van der Waals surface area (Å²) in [5, 5.41) is 2.93. The number of fused-ring (bicyclic) bond motifs is 1. The first-order valence-corrected chi connectivity index (χ1v) is 5.80. The summed E-state index contributed by atoms with van der Waals surface area (Å²) in [5.74, 6) is -0.442. The summed E-state index contributed by atoms with van der Waals surface area (Å²) >= 11 is 4.80. The number of aryl methyl sites for hydroxylation is 1. The number of esters is 1. The SMILES string of the molecule is COC(=O)c1nc(Br)c2c(C)csc2n1. The van der Waals surface area contributed by atoms with Crippen molar-refractivity contribution in [3.63, 3.8) is 0 Å². The predicted octanol–water partition coefficient (Wildman–Crippen LogP) is 2.55. The Balaban J connectivity index is 2.68. The Labute approximate surface area is 98.4 Å². The number of methoxy groups -OCH3 is 1. The van der Waals surface area contributed by atoms with Crippen LogP contribution in [0, 0.1) is 6.92 Å². The van der Waals surface area contributed by atoms with E-state index in [0.717, 1.165) is 15.8 Å². The van der Waals surface area contributed by atoms with Crippen molar-refractivity contribution in [2.75, 3.05) is 7.11 Å². The zero-order valence-corrected chi connectivity index (χ0v) is 10.5. The maximum absolute atomic E-state index is 11.3. The van der Waals surface area contributed by atoms with Crippen LogP contribution in [0.3, 0.4) is 0 Å². The molecule has 2 aromatic heterocycles. The Morgan fingerprint density at radius 3 is 2.93 bits per heavy atom. The van der Waals surface area contributed by atoms with Crippen LogP contribution in [0.25, 0.3) is 10.2 Å². The maximum atomic E-state index is 11.3. The van der Waals surface area contributed by atoms with Gasteiger partial charge in [0.15, 0.2) is 0 Å². The third kappa shape index (κ3) is 1.74. The summed E-state index contributed by atoms with van der Waals surface area (Å²) in [4.78, 5) is 20.2. The molecule has 6 heteroatoms. The Bertz CT molecular complexity index is 538. The molecule has 0 saturated heterocycles. The van der Waals surface area contributed by atoms with Crippen LogP contribution in [0.2, 0.25) is 0 Å². The highest BCUT2D eigenvalue weighted by atomic mass is 79.9. The lowest BCUT2D eigenvalue weighted by molar-refractivity contribution is 0.0587. The highest BCUT2D eigenvalue weighted by molar-refractivity contribution is 9.10. The molecule has 0 saturated carbocycles. The fourth-order valence-electron chi connectivity index (χ4n) is 1.22. The van der Waals surface area contributed by atoms with Crippen molar-refractivity contribution in [1.82, 2.24) is 9.97 Å². The van der Waals surface area contributed by atoms with Crippen LogP contribution in [-0.2, 0) is 4.74 Å². The van der Waals surface area contributed by atoms with Gasteiger partial charge in [0.1, 0.15) is 9.43 Å². The molecule has 0 aliphatic carbocycles. The van der Waals surface area contributed by atoms with Gasteiger partial charge in [-0.05, 0) is 33.8 Å². The zero-order chi connectivity index (χ0) is 11.0. The summed E-state index contributed by atoms with van der Waals surface area (Å²) in [5.41, 5.74) is 1.10. The number of ether oxygens (including phenoxy) is 1. The summed E-state index contributed by atoms with van der Waals surface area (Å²) in [6.45, 7) is 1.98. The Hall–Kier alpha value is -1.01. The summed E-state index contributed by atoms with van der Waals surface area (Å²) < 4.78 is 5.20. The van der Waals surface area contributed by atoms with Gasteiger partial charge < -0.3 is 4.74 Å². The number of aromatic nitrogens is 2. The molecule has 15 heavy (non-hydrogen) atoms. The van der Waals surface area contributed by atoms with Gasteiger partial charge in [-0.1, -0.05) is 0 Å². The molecule has 0 spiro atoms. The van der Waals surface area contributed by atoms with E-state index in [4.69, 9.17) is 0 Å². The predicted molar refractivity (Wildman–Crippen MR) is 61.2 cm³/mol. The second-order valence-corrected chi connectivity index (χ2v) is 4.54. The average molecular weight is 287 g/mol. The van der Waals surface area contributed by atoms with Crippen molar-refractivity contribution < 1.29 is 9.53 Å². The van der Waals surface area contributed by atoms with Crippen LogP contribution in [-0.4, -0.2) is 23.0 Å². The van der Waals surface area contributed by atoms with E-state index < -0.39 is 5.97 Å². The van der Waals surface area contributed by atoms with Crippen LogP contribution in [0.15, 0.2) is 9.98 Å². The summed E-state index contributed by atoms with van der Waals surface area (Å²) in [6.07, 6.45) is 0. The molecule has 0 fully saturated rings. The highest BCUT2D eigenvalue weighted by Gasteiger charge is 2.15. The number of halogens is 1. The van der Waals surface area contributed by atoms with E-state index in [2.05, 4.69) is 30.6 Å². The van der Waals surface area contributed by atoms with E-state index in [1.165, 1.54) is 18.4 Å². The molecule has 2 aromatic rings. The standard InChI is InChI=1S/C9H7BrN2O2S/c1-4-3-15-8-5(4)6(10)11-7(12-8)9(13)14-2/h3H,1-2H3. The molecule has 0 unspecified atom stereocenters. The zero-order valence-electron chi connectivity index (χ0n) is 8.07. The number of thiophene rings is 1. The maximum Gasteiger partial charge on any atom is 0.376 e. The number of nitrogens with zero attached hydrogens (tertiary/aromatic N) is 2. The van der Waals surface area contributed by atoms with E-state index in [0.29, 0.717) is 4.60 Å². The number of hydrogen-bond acceptors (Lipinski definition) is 5. The molecule has 4 nitrogen and oxygen atoms in total. The molecule has 0 radical (unpaired) electrons. The van der Waals surface area contributed by atoms with Crippen molar-refractivity contribution in [1.29, 1.82) is 0 Å². The van der Waals surface area contributed by atoms with Crippen molar-refractivity contribution in [2.45, 2.75) is 6.92 Å². The molecule has 0 atom stereocenters. The van der Waals surface area contributed by atoms with Crippen molar-refractivity contribution >= 4 is 43.5 Å². The van der Waals surface area contributed by atoms with E-state index in [9.17, 15) is 4.79 Å². The largest absolute Gasteiger partial charge is 0.463 e. The number of hydrogen-bond donors (Lipinski definition) is 0. The Morgan fingerprint density at radius 2 is 2.27 bits per heavy atom. The second-order valence-electron chi connectivity index (χ2n) is 2.93. The molecule has 2 rings (SSSR count). The third-order valence-electron chi connectivity index (χ3n) is 1.94. The topological polar surface area (TPSA) is 52.1 Å². The minimum absolute atomic E-state index is 0.0822. The molecular formula is C9H7BrN2O2S. The van der Waals surface area contributed by atoms with Crippen LogP contribution in [0.4, 0.5) is 0 Å². The number of rotatable bonds is 1. The minimum Gasteiger partial charge on any atom is -0.463 e. The lowest BCUT2D eigenvalue weighted by Crippen LogP contribution is -2.07. The first-order chi connectivity index (χ1) is 7.13. The lowest BCUT2D eigenvalue weighted by atomic mass is 10.3. The van der Waals surface area contributed by atoms with E-state index in [-0.39, 0.29) is 5.82 Å². The molecule has 0 bridgehead atoms. The van der Waals surface area contributed by atoms with Crippen molar-refractivity contribution in [3.05, 3.63) is 21.4 Å². The number of carbonyl (C=O) groups excluding carboxylic acids is 1. The molecule has 0 N–H and O–H groups in total. The van der Waals surface area contributed by atoms with Gasteiger partial charge in [0.25, 0.3) is 0 Å². The van der Waals surface area contributed by atoms with Gasteiger partial charge in [-0.3, -0.25) is 0 Å². The molecule has 0 aliphatic heterocycles. The Morgan fingerprint density at radius 1 is 1.53 bits per heavy atom. The molecule has 0 aromatic carbocycles. The molecule has 78 valence electrons. The second kappa shape index (κ2) is 3.86. The van der Waals surface area contributed by atoms with Gasteiger partial charge in [-0.25, -0.2) is 14.8 Å². The monoisotopic (exact) mass is 286 g/mol. The van der Waals surface area contributed by atoms with Gasteiger partial charge in [0, 0.05) is 5.39 Å². The van der Waals surface area contributed by atoms with Gasteiger partial charge in [0.05, 0.1) is 7.11 Å². The fraction of sp³-hybridized carbons (Fsp3) is 0.222. The quantitative estimate of drug-likeness (QED) is 0.597. The normalized spacial score (nSPS) is 10.6. The first-order valence-electron chi connectivity index (χ1n) is 4.13. The average Bonchev–Trinajstić information content (AvgIpc) is 2.59.